The highest BCUT2D eigenvalue weighted by molar-refractivity contribution is 6.33. The molecule has 9 aromatic rings. The number of halogens is 2. The predicted molar refractivity (Wildman–Crippen MR) is 294 cm³/mol. The SMILES string of the molecule is C.C.CCc1ccccc1.Cc1cccc(N)c1.Cc1cccc(N)c1.Nc1cccc(Cl)c1.Nc1cccc2[nH]ccc12.Nc1ccccc1.Nc1ccccc1Cl.Nc1cccnc1. The molecule has 0 amide bonds. The molecular weight excluding hydrogens is 858 g/mol. The second-order valence-electron chi connectivity index (χ2n) is 13.7. The summed E-state index contributed by atoms with van der Waals surface area (Å²) in [5, 5.41) is 2.40. The van der Waals surface area contributed by atoms with Gasteiger partial charge in [0.05, 0.1) is 16.4 Å². The third-order valence-corrected chi connectivity index (χ3v) is 8.78. The molecule has 0 aliphatic carbocycles. The van der Waals surface area contributed by atoms with Crippen molar-refractivity contribution >= 4 is 73.9 Å². The molecule has 9 rings (SSSR count). The number of aromatic nitrogens is 2. The minimum Gasteiger partial charge on any atom is -0.399 e. The van der Waals surface area contributed by atoms with Crippen LogP contribution in [0.2, 0.25) is 10.0 Å². The van der Waals surface area contributed by atoms with E-state index in [2.05, 4.69) is 41.2 Å². The molecule has 0 bridgehead atoms. The zero-order valence-corrected chi connectivity index (χ0v) is 38.2. The molecule has 0 spiro atoms. The van der Waals surface area contributed by atoms with Crippen LogP contribution >= 0.6 is 23.2 Å². The van der Waals surface area contributed by atoms with E-state index in [0.717, 1.165) is 40.1 Å². The molecule has 15 N–H and O–H groups in total. The molecule has 0 aliphatic rings. The van der Waals surface area contributed by atoms with Gasteiger partial charge in [0.15, 0.2) is 0 Å². The summed E-state index contributed by atoms with van der Waals surface area (Å²) >= 11 is 11.1. The Bertz CT molecular complexity index is 2360. The number of para-hydroxylation sites is 2. The van der Waals surface area contributed by atoms with Gasteiger partial charge in [-0.25, -0.2) is 0 Å². The van der Waals surface area contributed by atoms with E-state index >= 15 is 0 Å². The molecule has 0 saturated heterocycles. The predicted octanol–water partition coefficient (Wildman–Crippen LogP) is 14.2. The zero-order valence-electron chi connectivity index (χ0n) is 36.7. The van der Waals surface area contributed by atoms with Gasteiger partial charge in [0.2, 0.25) is 0 Å². The number of hydrogen-bond donors (Lipinski definition) is 8. The molecule has 2 heterocycles. The van der Waals surface area contributed by atoms with E-state index in [4.69, 9.17) is 63.3 Å². The van der Waals surface area contributed by atoms with Gasteiger partial charge in [0.1, 0.15) is 0 Å². The number of aryl methyl sites for hydroxylation is 3. The molecule has 0 fully saturated rings. The molecular formula is C55H69Cl2N9. The first kappa shape index (κ1) is 58.4. The minimum atomic E-state index is 0. The lowest BCUT2D eigenvalue weighted by molar-refractivity contribution is 1.14. The van der Waals surface area contributed by atoms with E-state index in [1.54, 1.807) is 54.9 Å². The summed E-state index contributed by atoms with van der Waals surface area (Å²) in [4.78, 5) is 6.84. The largest absolute Gasteiger partial charge is 0.399 e. The molecule has 0 unspecified atom stereocenters. The van der Waals surface area contributed by atoms with Crippen molar-refractivity contribution in [2.24, 2.45) is 0 Å². The van der Waals surface area contributed by atoms with Crippen LogP contribution < -0.4 is 40.1 Å². The summed E-state index contributed by atoms with van der Waals surface area (Å²) in [6, 6.07) is 61.3. The van der Waals surface area contributed by atoms with Crippen molar-refractivity contribution in [3.63, 3.8) is 0 Å². The fourth-order valence-electron chi connectivity index (χ4n) is 4.97. The van der Waals surface area contributed by atoms with E-state index in [9.17, 15) is 0 Å². The van der Waals surface area contributed by atoms with Crippen molar-refractivity contribution in [2.45, 2.75) is 42.0 Å². The number of hydrogen-bond acceptors (Lipinski definition) is 8. The first-order valence-electron chi connectivity index (χ1n) is 20.2. The summed E-state index contributed by atoms with van der Waals surface area (Å²) < 4.78 is 0. The maximum absolute atomic E-state index is 5.68. The summed E-state index contributed by atoms with van der Waals surface area (Å²) in [5.41, 5.74) is 48.3. The molecule has 2 aromatic heterocycles. The van der Waals surface area contributed by atoms with E-state index in [0.29, 0.717) is 27.1 Å². The highest BCUT2D eigenvalue weighted by atomic mass is 35.5. The Kier molecular flexibility index (Phi) is 30.8. The summed E-state index contributed by atoms with van der Waals surface area (Å²) in [6.07, 6.45) is 6.33. The Morgan fingerprint density at radius 2 is 0.924 bits per heavy atom. The van der Waals surface area contributed by atoms with Crippen LogP contribution in [-0.2, 0) is 6.42 Å². The molecule has 11 heteroatoms. The lowest BCUT2D eigenvalue weighted by Gasteiger charge is -1.92. The standard InChI is InChI=1S/C8H8N2.C8H10.2C7H9N.2C6H6ClN.C6H7N.C5H6N2.2CH4/c9-7-2-1-3-8-6(7)4-5-10-8;1-2-8-6-4-3-5-7-8;2*1-6-3-2-4-7(8)5-6;7-5-2-1-3-6(8)4-5;7-5-3-1-2-4-6(5)8;7-6-4-2-1-3-5-6;6-5-2-1-3-7-4-5;;/h1-5,10H,9H2;3-7H,2H2,1H3;2*2-5H,8H2,1H3;2*1-4H,8H2;1-5H,7H2;1-4H,6H2;2*1H4. The van der Waals surface area contributed by atoms with Crippen molar-refractivity contribution in [3.05, 3.63) is 239 Å². The number of nitrogens with two attached hydrogens (primary N) is 7. The van der Waals surface area contributed by atoms with Crippen LogP contribution in [0.25, 0.3) is 10.9 Å². The van der Waals surface area contributed by atoms with Gasteiger partial charge >= 0.3 is 0 Å². The van der Waals surface area contributed by atoms with Crippen LogP contribution in [0.4, 0.5) is 39.8 Å². The summed E-state index contributed by atoms with van der Waals surface area (Å²) in [7, 11) is 0. The van der Waals surface area contributed by atoms with Crippen molar-refractivity contribution < 1.29 is 0 Å². The van der Waals surface area contributed by atoms with Gasteiger partial charge < -0.3 is 45.1 Å². The highest BCUT2D eigenvalue weighted by Crippen LogP contribution is 2.18. The van der Waals surface area contributed by atoms with Crippen LogP contribution in [0, 0.1) is 13.8 Å². The number of fused-ring (bicyclic) bond motifs is 1. The van der Waals surface area contributed by atoms with Crippen LogP contribution in [-0.4, -0.2) is 9.97 Å². The smallest absolute Gasteiger partial charge is 0.0635 e. The zero-order chi connectivity index (χ0) is 47.0. The number of rotatable bonds is 1. The second kappa shape index (κ2) is 34.8. The van der Waals surface area contributed by atoms with Crippen LogP contribution in [0.1, 0.15) is 38.5 Å². The molecule has 0 saturated carbocycles. The number of pyridine rings is 1. The number of aromatic amines is 1. The average molecular weight is 927 g/mol. The Balaban J connectivity index is 0.000000730. The molecule has 66 heavy (non-hydrogen) atoms. The first-order chi connectivity index (χ1) is 30.8. The molecule has 0 radical (unpaired) electrons. The lowest BCUT2D eigenvalue weighted by Crippen LogP contribution is -1.82. The van der Waals surface area contributed by atoms with Gasteiger partial charge in [-0.1, -0.05) is 142 Å². The summed E-state index contributed by atoms with van der Waals surface area (Å²) in [5.74, 6) is 0. The maximum Gasteiger partial charge on any atom is 0.0635 e. The molecule has 0 atom stereocenters. The topological polar surface area (TPSA) is 211 Å². The van der Waals surface area contributed by atoms with Gasteiger partial charge in [0, 0.05) is 63.0 Å². The molecule has 0 aliphatic heterocycles. The van der Waals surface area contributed by atoms with Gasteiger partial charge in [-0.2, -0.15) is 0 Å². The third kappa shape index (κ3) is 27.5. The Hall–Kier alpha value is -7.59. The second-order valence-corrected chi connectivity index (χ2v) is 14.6. The Morgan fingerprint density at radius 1 is 0.455 bits per heavy atom. The average Bonchev–Trinajstić information content (AvgIpc) is 3.78. The number of H-pyrrole nitrogens is 1. The Labute approximate surface area is 403 Å². The Morgan fingerprint density at radius 3 is 1.26 bits per heavy atom. The molecule has 9 nitrogen and oxygen atoms in total. The lowest BCUT2D eigenvalue weighted by atomic mass is 10.2. The monoisotopic (exact) mass is 926 g/mol. The van der Waals surface area contributed by atoms with E-state index in [1.807, 2.05) is 147 Å². The summed E-state index contributed by atoms with van der Waals surface area (Å²) in [6.45, 7) is 6.21. The fraction of sp³-hybridized carbons (Fsp3) is 0.109. The van der Waals surface area contributed by atoms with Gasteiger partial charge in [-0.05, 0) is 134 Å². The highest BCUT2D eigenvalue weighted by Gasteiger charge is 1.94. The number of nitrogen functional groups attached to an aromatic ring is 7. The first-order valence-corrected chi connectivity index (χ1v) is 21.0. The number of benzene rings is 7. The van der Waals surface area contributed by atoms with Crippen molar-refractivity contribution in [1.82, 2.24) is 9.97 Å². The van der Waals surface area contributed by atoms with Crippen molar-refractivity contribution in [2.75, 3.05) is 40.1 Å². The van der Waals surface area contributed by atoms with Crippen molar-refractivity contribution in [1.29, 1.82) is 0 Å². The van der Waals surface area contributed by atoms with Crippen LogP contribution in [0.5, 0.6) is 0 Å². The number of anilines is 7. The molecule has 348 valence electrons. The van der Waals surface area contributed by atoms with Gasteiger partial charge in [-0.15, -0.1) is 0 Å². The van der Waals surface area contributed by atoms with Gasteiger partial charge in [0.25, 0.3) is 0 Å². The quantitative estimate of drug-likeness (QED) is 0.0741. The van der Waals surface area contributed by atoms with E-state index in [-0.39, 0.29) is 14.9 Å². The number of nitrogens with one attached hydrogen (secondary N) is 1. The van der Waals surface area contributed by atoms with Crippen LogP contribution in [0.15, 0.2) is 213 Å². The third-order valence-electron chi connectivity index (χ3n) is 8.20. The number of nitrogens with zero attached hydrogens (tertiary/aromatic N) is 1. The van der Waals surface area contributed by atoms with E-state index in [1.165, 1.54) is 16.7 Å². The molecule has 7 aromatic carbocycles. The maximum atomic E-state index is 5.68. The van der Waals surface area contributed by atoms with E-state index < -0.39 is 0 Å². The van der Waals surface area contributed by atoms with Gasteiger partial charge in [-0.3, -0.25) is 4.98 Å². The van der Waals surface area contributed by atoms with Crippen molar-refractivity contribution in [3.8, 4) is 0 Å². The normalized spacial score (nSPS) is 8.92. The fourth-order valence-corrected chi connectivity index (χ4v) is 5.31. The minimum absolute atomic E-state index is 0. The van der Waals surface area contributed by atoms with Crippen LogP contribution in [0.3, 0.4) is 0 Å².